The van der Waals surface area contributed by atoms with Gasteiger partial charge in [-0.1, -0.05) is 48.5 Å². The fourth-order valence-electron chi connectivity index (χ4n) is 3.07. The van der Waals surface area contributed by atoms with Crippen LogP contribution in [0, 0.1) is 0 Å². The van der Waals surface area contributed by atoms with Crippen LogP contribution in [0.5, 0.6) is 0 Å². The van der Waals surface area contributed by atoms with Gasteiger partial charge in [0.25, 0.3) is 0 Å². The molecule has 21 heavy (non-hydrogen) atoms. The number of hydrogen-bond donors (Lipinski definition) is 1. The summed E-state index contributed by atoms with van der Waals surface area (Å²) in [7, 11) is 0. The van der Waals surface area contributed by atoms with E-state index < -0.39 is 0 Å². The van der Waals surface area contributed by atoms with Gasteiger partial charge in [-0.25, -0.2) is 0 Å². The third-order valence-corrected chi connectivity index (χ3v) is 4.21. The number of halogens is 1. The van der Waals surface area contributed by atoms with Crippen LogP contribution < -0.4 is 23.0 Å². The van der Waals surface area contributed by atoms with Crippen LogP contribution in [0.2, 0.25) is 0 Å². The largest absolute Gasteiger partial charge is 1.00 e. The van der Waals surface area contributed by atoms with Crippen LogP contribution in [0.15, 0.2) is 54.6 Å². The van der Waals surface area contributed by atoms with Gasteiger partial charge in [0.05, 0.1) is 0 Å². The third-order valence-electron chi connectivity index (χ3n) is 4.21. The van der Waals surface area contributed by atoms with Gasteiger partial charge in [0.15, 0.2) is 0 Å². The molecule has 3 heteroatoms. The van der Waals surface area contributed by atoms with Crippen molar-refractivity contribution in [2.45, 2.75) is 25.3 Å². The zero-order chi connectivity index (χ0) is 13.8. The molecule has 0 aromatic heterocycles. The monoisotopic (exact) mass is 302 g/mol. The van der Waals surface area contributed by atoms with Crippen molar-refractivity contribution in [3.05, 3.63) is 65.7 Å². The number of para-hydroxylation sites is 1. The molecule has 1 heterocycles. The lowest BCUT2D eigenvalue weighted by Gasteiger charge is -2.31. The second-order valence-electron chi connectivity index (χ2n) is 5.57. The van der Waals surface area contributed by atoms with Crippen molar-refractivity contribution in [3.63, 3.8) is 0 Å². The Bertz CT molecular complexity index is 550. The van der Waals surface area contributed by atoms with Crippen molar-refractivity contribution in [2.75, 3.05) is 18.0 Å². The average Bonchev–Trinajstić information content (AvgIpc) is 2.56. The molecule has 1 aliphatic rings. The van der Waals surface area contributed by atoms with E-state index in [0.29, 0.717) is 0 Å². The Labute approximate surface area is 133 Å². The van der Waals surface area contributed by atoms with E-state index in [1.165, 1.54) is 49.2 Å². The quantitative estimate of drug-likeness (QED) is 0.851. The zero-order valence-electron chi connectivity index (χ0n) is 12.3. The SMILES string of the molecule is [Cl-].[NH3+]C(c1ccccc1)c1ccccc1N1CCCCC1. The van der Waals surface area contributed by atoms with E-state index in [4.69, 9.17) is 0 Å². The second kappa shape index (κ2) is 7.48. The van der Waals surface area contributed by atoms with Gasteiger partial charge >= 0.3 is 0 Å². The molecule has 0 bridgehead atoms. The predicted octanol–water partition coefficient (Wildman–Crippen LogP) is 0.0122. The molecule has 1 fully saturated rings. The summed E-state index contributed by atoms with van der Waals surface area (Å²) < 4.78 is 0. The van der Waals surface area contributed by atoms with Crippen molar-refractivity contribution < 1.29 is 18.1 Å². The summed E-state index contributed by atoms with van der Waals surface area (Å²) in [5, 5.41) is 0. The van der Waals surface area contributed by atoms with Crippen LogP contribution in [0.1, 0.15) is 36.4 Å². The highest BCUT2D eigenvalue weighted by Crippen LogP contribution is 2.29. The lowest BCUT2D eigenvalue weighted by atomic mass is 9.96. The molecule has 0 radical (unpaired) electrons. The first-order chi connectivity index (χ1) is 9.86. The average molecular weight is 303 g/mol. The topological polar surface area (TPSA) is 30.9 Å². The molecule has 0 amide bonds. The van der Waals surface area contributed by atoms with Crippen molar-refractivity contribution in [3.8, 4) is 0 Å². The van der Waals surface area contributed by atoms with E-state index in [-0.39, 0.29) is 18.4 Å². The number of hydrogen-bond acceptors (Lipinski definition) is 1. The van der Waals surface area contributed by atoms with Crippen LogP contribution in [0.3, 0.4) is 0 Å². The molecular formula is C18H23ClN2. The summed E-state index contributed by atoms with van der Waals surface area (Å²) in [4.78, 5) is 2.53. The number of nitrogens with zero attached hydrogens (tertiary/aromatic N) is 1. The summed E-state index contributed by atoms with van der Waals surface area (Å²) in [5.41, 5.74) is 8.42. The molecule has 0 saturated carbocycles. The molecule has 2 nitrogen and oxygen atoms in total. The van der Waals surface area contributed by atoms with Crippen LogP contribution in [0.4, 0.5) is 5.69 Å². The maximum absolute atomic E-state index is 4.41. The third kappa shape index (κ3) is 3.58. The number of anilines is 1. The van der Waals surface area contributed by atoms with Crippen LogP contribution in [-0.4, -0.2) is 13.1 Å². The van der Waals surface area contributed by atoms with Gasteiger partial charge in [-0.3, -0.25) is 0 Å². The molecule has 1 atom stereocenters. The van der Waals surface area contributed by atoms with Gasteiger partial charge in [-0.2, -0.15) is 0 Å². The van der Waals surface area contributed by atoms with Crippen LogP contribution in [-0.2, 0) is 0 Å². The molecule has 3 rings (SSSR count). The summed E-state index contributed by atoms with van der Waals surface area (Å²) in [5.74, 6) is 0. The lowest BCUT2D eigenvalue weighted by Crippen LogP contribution is -3.00. The minimum Gasteiger partial charge on any atom is -1.00 e. The number of rotatable bonds is 3. The lowest BCUT2D eigenvalue weighted by molar-refractivity contribution is -0.411. The summed E-state index contributed by atoms with van der Waals surface area (Å²) >= 11 is 0. The van der Waals surface area contributed by atoms with E-state index in [1.54, 1.807) is 0 Å². The molecule has 1 unspecified atom stereocenters. The number of benzene rings is 2. The minimum absolute atomic E-state index is 0. The smallest absolute Gasteiger partial charge is 0.138 e. The van der Waals surface area contributed by atoms with E-state index in [2.05, 4.69) is 65.2 Å². The number of quaternary nitrogens is 1. The molecule has 0 spiro atoms. The Hall–Kier alpha value is -1.51. The van der Waals surface area contributed by atoms with Crippen LogP contribution in [0.25, 0.3) is 0 Å². The first-order valence-electron chi connectivity index (χ1n) is 7.58. The molecular weight excluding hydrogens is 280 g/mol. The fraction of sp³-hybridized carbons (Fsp3) is 0.333. The highest BCUT2D eigenvalue weighted by atomic mass is 35.5. The molecule has 0 aliphatic carbocycles. The first kappa shape index (κ1) is 15.9. The maximum Gasteiger partial charge on any atom is 0.138 e. The first-order valence-corrected chi connectivity index (χ1v) is 7.58. The minimum atomic E-state index is 0. The van der Waals surface area contributed by atoms with Gasteiger partial charge in [-0.15, -0.1) is 0 Å². The predicted molar refractivity (Wildman–Crippen MR) is 83.7 cm³/mol. The van der Waals surface area contributed by atoms with Gasteiger partial charge in [0.2, 0.25) is 0 Å². The fourth-order valence-corrected chi connectivity index (χ4v) is 3.07. The van der Waals surface area contributed by atoms with E-state index in [0.717, 1.165) is 0 Å². The molecule has 2 aromatic rings. The summed E-state index contributed by atoms with van der Waals surface area (Å²) in [6, 6.07) is 19.6. The Morgan fingerprint density at radius 1 is 0.810 bits per heavy atom. The molecule has 112 valence electrons. The van der Waals surface area contributed by atoms with E-state index >= 15 is 0 Å². The Balaban J connectivity index is 0.00000161. The van der Waals surface area contributed by atoms with Crippen molar-refractivity contribution in [1.29, 1.82) is 0 Å². The van der Waals surface area contributed by atoms with Crippen molar-refractivity contribution >= 4 is 5.69 Å². The Morgan fingerprint density at radius 3 is 2.14 bits per heavy atom. The van der Waals surface area contributed by atoms with Crippen LogP contribution >= 0.6 is 0 Å². The molecule has 1 aliphatic heterocycles. The standard InChI is InChI=1S/C18H22N2.ClH/c19-18(15-9-3-1-4-10-15)16-11-5-6-12-17(16)20-13-7-2-8-14-20;/h1,3-6,9-12,18H,2,7-8,13-14,19H2;1H. The zero-order valence-corrected chi connectivity index (χ0v) is 13.1. The van der Waals surface area contributed by atoms with Gasteiger partial charge in [0, 0.05) is 29.9 Å². The normalized spacial score (nSPS) is 16.1. The Kier molecular flexibility index (Phi) is 5.66. The van der Waals surface area contributed by atoms with E-state index in [9.17, 15) is 0 Å². The molecule has 1 saturated heterocycles. The molecule has 3 N–H and O–H groups in total. The van der Waals surface area contributed by atoms with Gasteiger partial charge < -0.3 is 23.0 Å². The highest BCUT2D eigenvalue weighted by Gasteiger charge is 2.20. The molecule has 2 aromatic carbocycles. The number of piperidine rings is 1. The highest BCUT2D eigenvalue weighted by molar-refractivity contribution is 5.56. The Morgan fingerprint density at radius 2 is 1.43 bits per heavy atom. The summed E-state index contributed by atoms with van der Waals surface area (Å²) in [6.07, 6.45) is 3.98. The van der Waals surface area contributed by atoms with Crippen molar-refractivity contribution in [1.82, 2.24) is 0 Å². The van der Waals surface area contributed by atoms with Gasteiger partial charge in [0.1, 0.15) is 6.04 Å². The van der Waals surface area contributed by atoms with E-state index in [1.807, 2.05) is 0 Å². The van der Waals surface area contributed by atoms with Gasteiger partial charge in [-0.05, 0) is 25.3 Å². The second-order valence-corrected chi connectivity index (χ2v) is 5.57. The van der Waals surface area contributed by atoms with Crippen molar-refractivity contribution in [2.24, 2.45) is 0 Å². The summed E-state index contributed by atoms with van der Waals surface area (Å²) in [6.45, 7) is 2.36. The maximum atomic E-state index is 4.41.